The van der Waals surface area contributed by atoms with Gasteiger partial charge in [-0.3, -0.25) is 29.8 Å². The van der Waals surface area contributed by atoms with Crippen LogP contribution < -0.4 is 33.4 Å². The highest BCUT2D eigenvalue weighted by Gasteiger charge is 2.34. The molecule has 0 saturated heterocycles. The van der Waals surface area contributed by atoms with Crippen molar-refractivity contribution in [2.75, 3.05) is 0 Å². The molecule has 0 bridgehead atoms. The van der Waals surface area contributed by atoms with E-state index in [2.05, 4.69) is 16.1 Å². The molecule has 11 heteroatoms. The summed E-state index contributed by atoms with van der Waals surface area (Å²) in [5.41, 5.74) is 11.0. The van der Waals surface area contributed by atoms with Crippen LogP contribution in [0.25, 0.3) is 0 Å². The number of nitrogens with two attached hydrogens (primary N) is 3. The second-order valence-corrected chi connectivity index (χ2v) is 10.1. The van der Waals surface area contributed by atoms with Gasteiger partial charge in [-0.2, -0.15) is 0 Å². The summed E-state index contributed by atoms with van der Waals surface area (Å²) in [6.45, 7) is 8.43. The van der Waals surface area contributed by atoms with Crippen LogP contribution in [0.3, 0.4) is 0 Å². The Labute approximate surface area is 214 Å². The number of hydrogen-bond acceptors (Lipinski definition) is 7. The van der Waals surface area contributed by atoms with Gasteiger partial charge in [-0.25, -0.2) is 5.43 Å². The van der Waals surface area contributed by atoms with Crippen molar-refractivity contribution < 1.29 is 24.0 Å². The molecule has 0 aromatic carbocycles. The van der Waals surface area contributed by atoms with Crippen LogP contribution in [0, 0.1) is 5.92 Å². The molecule has 9 N–H and O–H groups in total. The van der Waals surface area contributed by atoms with Crippen LogP contribution in [0.1, 0.15) is 92.4 Å². The van der Waals surface area contributed by atoms with Gasteiger partial charge in [0.15, 0.2) is 5.78 Å². The van der Waals surface area contributed by atoms with E-state index in [1.165, 1.54) is 6.92 Å². The van der Waals surface area contributed by atoms with Gasteiger partial charge in [0, 0.05) is 12.8 Å². The smallest absolute Gasteiger partial charge is 0.241 e. The predicted octanol–water partition coefficient (Wildman–Crippen LogP) is 0.851. The maximum absolute atomic E-state index is 12.7. The first-order valence-corrected chi connectivity index (χ1v) is 12.5. The van der Waals surface area contributed by atoms with Crippen molar-refractivity contribution in [1.82, 2.24) is 16.1 Å². The third-order valence-corrected chi connectivity index (χ3v) is 6.36. The molecule has 3 atom stereocenters. The molecule has 4 amide bonds. The molecule has 0 radical (unpaired) electrons. The van der Waals surface area contributed by atoms with E-state index in [-0.39, 0.29) is 36.4 Å². The number of carbonyl (C=O) groups is 5. The van der Waals surface area contributed by atoms with Crippen LogP contribution in [-0.4, -0.2) is 46.5 Å². The van der Waals surface area contributed by atoms with Crippen molar-refractivity contribution in [1.29, 1.82) is 0 Å². The summed E-state index contributed by atoms with van der Waals surface area (Å²) >= 11 is 0. The number of unbranched alkanes of at least 4 members (excludes halogenated alkanes) is 2. The lowest BCUT2D eigenvalue weighted by Gasteiger charge is -2.30. The van der Waals surface area contributed by atoms with E-state index >= 15 is 0 Å². The summed E-state index contributed by atoms with van der Waals surface area (Å²) in [6, 6.07) is -0.773. The zero-order chi connectivity index (χ0) is 27.9. The van der Waals surface area contributed by atoms with Gasteiger partial charge in [0.25, 0.3) is 0 Å². The third kappa shape index (κ3) is 12.3. The molecule has 0 saturated carbocycles. The van der Waals surface area contributed by atoms with Crippen LogP contribution in [0.2, 0.25) is 0 Å². The summed E-state index contributed by atoms with van der Waals surface area (Å²) < 4.78 is 0. The van der Waals surface area contributed by atoms with Crippen molar-refractivity contribution in [3.8, 4) is 0 Å². The van der Waals surface area contributed by atoms with Crippen molar-refractivity contribution >= 4 is 29.4 Å². The predicted molar refractivity (Wildman–Crippen MR) is 139 cm³/mol. The fraction of sp³-hybridized carbons (Fsp3) is 0.720. The Morgan fingerprint density at radius 1 is 0.861 bits per heavy atom. The highest BCUT2D eigenvalue weighted by Crippen LogP contribution is 2.18. The van der Waals surface area contributed by atoms with Crippen LogP contribution in [0.4, 0.5) is 0 Å². The lowest BCUT2D eigenvalue weighted by atomic mass is 9.90. The normalized spacial score (nSPS) is 15.6. The molecule has 36 heavy (non-hydrogen) atoms. The second-order valence-electron chi connectivity index (χ2n) is 10.1. The van der Waals surface area contributed by atoms with Gasteiger partial charge in [0.2, 0.25) is 23.6 Å². The number of hydrogen-bond donors (Lipinski definition) is 6. The SMILES string of the molecule is CC(=O)[C@](C)(CCC/C=C/CCCC(C)(NN)C(=O)NC(C(N)=O)C(C)C)NC(=O)CCCC(N)=O. The van der Waals surface area contributed by atoms with Crippen LogP contribution >= 0.6 is 0 Å². The molecule has 0 fully saturated rings. The Morgan fingerprint density at radius 3 is 1.81 bits per heavy atom. The molecule has 0 aliphatic carbocycles. The molecule has 0 spiro atoms. The van der Waals surface area contributed by atoms with Gasteiger partial charge in [0.05, 0.1) is 5.54 Å². The molecular weight excluding hydrogens is 464 g/mol. The quantitative estimate of drug-likeness (QED) is 0.0640. The Bertz CT molecular complexity index is 800. The summed E-state index contributed by atoms with van der Waals surface area (Å²) in [5.74, 6) is 3.65. The average molecular weight is 511 g/mol. The minimum Gasteiger partial charge on any atom is -0.370 e. The van der Waals surface area contributed by atoms with Crippen LogP contribution in [0.15, 0.2) is 12.2 Å². The highest BCUT2D eigenvalue weighted by atomic mass is 16.2. The molecular formula is C25H46N6O5. The number of primary amides is 2. The van der Waals surface area contributed by atoms with E-state index in [0.717, 1.165) is 6.42 Å². The van der Waals surface area contributed by atoms with E-state index in [1.54, 1.807) is 27.7 Å². The zero-order valence-electron chi connectivity index (χ0n) is 22.4. The maximum atomic E-state index is 12.7. The Balaban J connectivity index is 4.56. The standard InChI is InChI=1S/C25H46N6O5/c1-17(2)21(22(27)35)29-23(36)25(5,31-28)16-11-9-7-6-8-10-15-24(4,18(3)32)30-20(34)14-12-13-19(26)33/h6-7,17,21,31H,8-16,28H2,1-5H3,(H2,26,33)(H2,27,35)(H,29,36)(H,30,34)/b7-6+/t21?,24-,25?/m0/s1. The number of hydrazine groups is 1. The number of ketones is 1. The summed E-state index contributed by atoms with van der Waals surface area (Å²) in [6.07, 6.45) is 8.38. The molecule has 11 nitrogen and oxygen atoms in total. The first kappa shape index (κ1) is 33.2. The highest BCUT2D eigenvalue weighted by molar-refractivity contribution is 5.92. The lowest BCUT2D eigenvalue weighted by molar-refractivity contribution is -0.132. The first-order valence-electron chi connectivity index (χ1n) is 12.5. The summed E-state index contributed by atoms with van der Waals surface area (Å²) in [5, 5.41) is 5.47. The number of nitrogens with one attached hydrogen (secondary N) is 3. The van der Waals surface area contributed by atoms with E-state index in [0.29, 0.717) is 38.5 Å². The molecule has 0 aromatic heterocycles. The average Bonchev–Trinajstić information content (AvgIpc) is 2.77. The number of carbonyl (C=O) groups excluding carboxylic acids is 5. The van der Waals surface area contributed by atoms with Crippen molar-refractivity contribution in [3.05, 3.63) is 12.2 Å². The topological polar surface area (TPSA) is 200 Å². The van der Waals surface area contributed by atoms with Crippen molar-refractivity contribution in [3.63, 3.8) is 0 Å². The number of Topliss-reactive ketones (excluding diaryl/α,β-unsaturated/α-hetero) is 1. The molecule has 0 rings (SSSR count). The minimum absolute atomic E-state index is 0.127. The van der Waals surface area contributed by atoms with Gasteiger partial charge in [-0.05, 0) is 71.6 Å². The molecule has 0 heterocycles. The Kier molecular flexibility index (Phi) is 14.8. The van der Waals surface area contributed by atoms with E-state index in [4.69, 9.17) is 17.3 Å². The molecule has 0 aromatic rings. The van der Waals surface area contributed by atoms with Gasteiger partial charge in [-0.1, -0.05) is 26.0 Å². The van der Waals surface area contributed by atoms with Gasteiger partial charge >= 0.3 is 0 Å². The number of amides is 4. The molecule has 0 aliphatic rings. The molecule has 206 valence electrons. The minimum atomic E-state index is -1.05. The molecule has 2 unspecified atom stereocenters. The van der Waals surface area contributed by atoms with E-state index < -0.39 is 28.9 Å². The van der Waals surface area contributed by atoms with Gasteiger partial charge in [0.1, 0.15) is 11.6 Å². The van der Waals surface area contributed by atoms with Gasteiger partial charge < -0.3 is 22.1 Å². The fourth-order valence-corrected chi connectivity index (χ4v) is 3.62. The van der Waals surface area contributed by atoms with Crippen molar-refractivity contribution in [2.45, 2.75) is 110 Å². The van der Waals surface area contributed by atoms with Crippen molar-refractivity contribution in [2.24, 2.45) is 23.2 Å². The Morgan fingerprint density at radius 2 is 1.39 bits per heavy atom. The zero-order valence-corrected chi connectivity index (χ0v) is 22.4. The van der Waals surface area contributed by atoms with E-state index in [9.17, 15) is 24.0 Å². The summed E-state index contributed by atoms with van der Waals surface area (Å²) in [4.78, 5) is 59.3. The Hall–Kier alpha value is -2.79. The lowest BCUT2D eigenvalue weighted by Crippen LogP contribution is -2.61. The van der Waals surface area contributed by atoms with Crippen LogP contribution in [0.5, 0.6) is 0 Å². The van der Waals surface area contributed by atoms with Crippen LogP contribution in [-0.2, 0) is 24.0 Å². The molecule has 0 aliphatic heterocycles. The fourth-order valence-electron chi connectivity index (χ4n) is 3.62. The maximum Gasteiger partial charge on any atom is 0.241 e. The summed E-state index contributed by atoms with van der Waals surface area (Å²) in [7, 11) is 0. The first-order chi connectivity index (χ1) is 16.7. The largest absolute Gasteiger partial charge is 0.370 e. The number of allylic oxidation sites excluding steroid dienone is 2. The van der Waals surface area contributed by atoms with E-state index in [1.807, 2.05) is 12.2 Å². The number of rotatable bonds is 19. The monoisotopic (exact) mass is 510 g/mol. The van der Waals surface area contributed by atoms with Gasteiger partial charge in [-0.15, -0.1) is 0 Å². The second kappa shape index (κ2) is 16.1. The third-order valence-electron chi connectivity index (χ3n) is 6.36.